The highest BCUT2D eigenvalue weighted by Crippen LogP contribution is 2.17. The highest BCUT2D eigenvalue weighted by Gasteiger charge is 2.14. The van der Waals surface area contributed by atoms with Gasteiger partial charge in [-0.05, 0) is 32.1 Å². The van der Waals surface area contributed by atoms with Gasteiger partial charge in [-0.15, -0.1) is 0 Å². The van der Waals surface area contributed by atoms with Gasteiger partial charge in [-0.1, -0.05) is 97.8 Å². The van der Waals surface area contributed by atoms with Crippen LogP contribution in [0.25, 0.3) is 0 Å². The van der Waals surface area contributed by atoms with Gasteiger partial charge in [0.05, 0.1) is 0 Å². The monoisotopic (exact) mass is 353 g/mol. The van der Waals surface area contributed by atoms with Crippen LogP contribution in [0.3, 0.4) is 0 Å². The predicted octanol–water partition coefficient (Wildman–Crippen LogP) is 7.79. The Morgan fingerprint density at radius 2 is 1.20 bits per heavy atom. The molecule has 0 spiro atoms. The molecule has 0 aromatic carbocycles. The molecule has 0 amide bonds. The van der Waals surface area contributed by atoms with Gasteiger partial charge in [-0.25, -0.2) is 0 Å². The standard InChI is InChI=1S/C23H45O2/c1-4-7-10-13-15-17-20-22(19-16-12-9-6-3)25-23(24)21-18-14-11-8-5-2/h22H,2,4-21H2,1,3H3. The molecule has 0 aliphatic carbocycles. The molecule has 0 rings (SSSR count). The normalized spacial score (nSPS) is 12.3. The molecule has 0 bridgehead atoms. The zero-order chi connectivity index (χ0) is 18.6. The van der Waals surface area contributed by atoms with Gasteiger partial charge in [0.15, 0.2) is 0 Å². The first-order chi connectivity index (χ1) is 12.2. The second-order valence-electron chi connectivity index (χ2n) is 7.54. The third-order valence-corrected chi connectivity index (χ3v) is 4.94. The van der Waals surface area contributed by atoms with Gasteiger partial charge in [0.25, 0.3) is 0 Å². The Labute approximate surface area is 158 Å². The fourth-order valence-corrected chi connectivity index (χ4v) is 3.26. The van der Waals surface area contributed by atoms with Crippen molar-refractivity contribution in [2.75, 3.05) is 0 Å². The van der Waals surface area contributed by atoms with Crippen molar-refractivity contribution < 1.29 is 9.53 Å². The van der Waals surface area contributed by atoms with Gasteiger partial charge in [-0.3, -0.25) is 4.79 Å². The van der Waals surface area contributed by atoms with Gasteiger partial charge < -0.3 is 4.74 Å². The number of carbonyl (C=O) groups excluding carboxylic acids is 1. The fraction of sp³-hybridized carbons (Fsp3) is 0.913. The van der Waals surface area contributed by atoms with E-state index in [9.17, 15) is 4.79 Å². The van der Waals surface area contributed by atoms with E-state index in [1.165, 1.54) is 77.0 Å². The summed E-state index contributed by atoms with van der Waals surface area (Å²) >= 11 is 0. The predicted molar refractivity (Wildman–Crippen MR) is 110 cm³/mol. The summed E-state index contributed by atoms with van der Waals surface area (Å²) in [6.07, 6.45) is 21.2. The number of carbonyl (C=O) groups is 1. The van der Waals surface area contributed by atoms with Crippen LogP contribution in [-0.4, -0.2) is 12.1 Å². The molecule has 1 unspecified atom stereocenters. The molecule has 0 heterocycles. The zero-order valence-electron chi connectivity index (χ0n) is 17.3. The van der Waals surface area contributed by atoms with E-state index in [0.29, 0.717) is 6.42 Å². The summed E-state index contributed by atoms with van der Waals surface area (Å²) in [5.74, 6) is 0.0288. The molecule has 0 fully saturated rings. The average Bonchev–Trinajstić information content (AvgIpc) is 2.61. The van der Waals surface area contributed by atoms with E-state index in [2.05, 4.69) is 20.8 Å². The fourth-order valence-electron chi connectivity index (χ4n) is 3.26. The molecule has 0 saturated heterocycles. The van der Waals surface area contributed by atoms with Crippen LogP contribution in [0.15, 0.2) is 0 Å². The summed E-state index contributed by atoms with van der Waals surface area (Å²) in [5.41, 5.74) is 0. The second kappa shape index (κ2) is 19.8. The molecule has 0 aromatic heterocycles. The SMILES string of the molecule is [CH2]CCCCCCC(=O)OC(CCCCCC)CCCCCCCC. The Bertz CT molecular complexity index is 275. The van der Waals surface area contributed by atoms with Crippen LogP contribution in [0, 0.1) is 6.92 Å². The Morgan fingerprint density at radius 3 is 1.80 bits per heavy atom. The van der Waals surface area contributed by atoms with Crippen molar-refractivity contribution in [1.29, 1.82) is 0 Å². The number of hydrogen-bond acceptors (Lipinski definition) is 2. The highest BCUT2D eigenvalue weighted by atomic mass is 16.5. The minimum atomic E-state index is 0.0288. The molecule has 0 aromatic rings. The first-order valence-corrected chi connectivity index (χ1v) is 11.2. The van der Waals surface area contributed by atoms with Gasteiger partial charge >= 0.3 is 5.97 Å². The van der Waals surface area contributed by atoms with E-state index in [1.807, 2.05) is 0 Å². The number of ether oxygens (including phenoxy) is 1. The quantitative estimate of drug-likeness (QED) is 0.175. The minimum Gasteiger partial charge on any atom is -0.462 e. The maximum Gasteiger partial charge on any atom is 0.306 e. The molecular formula is C23H45O2. The van der Waals surface area contributed by atoms with E-state index in [1.54, 1.807) is 0 Å². The van der Waals surface area contributed by atoms with E-state index in [0.717, 1.165) is 32.1 Å². The van der Waals surface area contributed by atoms with Crippen LogP contribution in [0.2, 0.25) is 0 Å². The van der Waals surface area contributed by atoms with Crippen molar-refractivity contribution >= 4 is 5.97 Å². The molecule has 0 aliphatic heterocycles. The van der Waals surface area contributed by atoms with Crippen molar-refractivity contribution in [3.05, 3.63) is 6.92 Å². The maximum absolute atomic E-state index is 12.1. The van der Waals surface area contributed by atoms with Gasteiger partial charge in [-0.2, -0.15) is 0 Å². The summed E-state index contributed by atoms with van der Waals surface area (Å²) in [6, 6.07) is 0. The van der Waals surface area contributed by atoms with E-state index in [4.69, 9.17) is 4.74 Å². The zero-order valence-corrected chi connectivity index (χ0v) is 17.3. The molecule has 0 saturated carbocycles. The number of rotatable bonds is 19. The van der Waals surface area contributed by atoms with Crippen molar-refractivity contribution in [3.63, 3.8) is 0 Å². The summed E-state index contributed by atoms with van der Waals surface area (Å²) in [6.45, 7) is 8.35. The molecular weight excluding hydrogens is 308 g/mol. The molecule has 25 heavy (non-hydrogen) atoms. The molecule has 1 atom stereocenters. The third-order valence-electron chi connectivity index (χ3n) is 4.94. The maximum atomic E-state index is 12.1. The van der Waals surface area contributed by atoms with E-state index in [-0.39, 0.29) is 12.1 Å². The van der Waals surface area contributed by atoms with Crippen LogP contribution in [-0.2, 0) is 9.53 Å². The van der Waals surface area contributed by atoms with E-state index >= 15 is 0 Å². The largest absolute Gasteiger partial charge is 0.462 e. The van der Waals surface area contributed by atoms with Crippen molar-refractivity contribution in [3.8, 4) is 0 Å². The Morgan fingerprint density at radius 1 is 0.720 bits per heavy atom. The lowest BCUT2D eigenvalue weighted by atomic mass is 10.0. The molecule has 2 heteroatoms. The van der Waals surface area contributed by atoms with Crippen LogP contribution in [0.4, 0.5) is 0 Å². The molecule has 0 aliphatic rings. The lowest BCUT2D eigenvalue weighted by molar-refractivity contribution is -0.150. The Hall–Kier alpha value is -0.530. The first kappa shape index (κ1) is 24.5. The van der Waals surface area contributed by atoms with Gasteiger partial charge in [0.1, 0.15) is 6.10 Å². The number of esters is 1. The number of unbranched alkanes of at least 4 members (excludes halogenated alkanes) is 12. The van der Waals surface area contributed by atoms with Crippen LogP contribution < -0.4 is 0 Å². The average molecular weight is 354 g/mol. The van der Waals surface area contributed by atoms with Crippen molar-refractivity contribution in [2.24, 2.45) is 0 Å². The van der Waals surface area contributed by atoms with Crippen LogP contribution >= 0.6 is 0 Å². The van der Waals surface area contributed by atoms with Gasteiger partial charge in [0, 0.05) is 6.42 Å². The lowest BCUT2D eigenvalue weighted by Crippen LogP contribution is -2.18. The second-order valence-corrected chi connectivity index (χ2v) is 7.54. The van der Waals surface area contributed by atoms with Crippen molar-refractivity contribution in [1.82, 2.24) is 0 Å². The van der Waals surface area contributed by atoms with Crippen LogP contribution in [0.5, 0.6) is 0 Å². The minimum absolute atomic E-state index is 0.0288. The number of hydrogen-bond donors (Lipinski definition) is 0. The summed E-state index contributed by atoms with van der Waals surface area (Å²) in [7, 11) is 0. The Kier molecular flexibility index (Phi) is 19.4. The molecule has 149 valence electrons. The van der Waals surface area contributed by atoms with Crippen molar-refractivity contribution in [2.45, 2.75) is 136 Å². The summed E-state index contributed by atoms with van der Waals surface area (Å²) in [4.78, 5) is 12.1. The molecule has 0 N–H and O–H groups in total. The molecule has 2 nitrogen and oxygen atoms in total. The highest BCUT2D eigenvalue weighted by molar-refractivity contribution is 5.69. The summed E-state index contributed by atoms with van der Waals surface area (Å²) < 4.78 is 5.81. The van der Waals surface area contributed by atoms with E-state index < -0.39 is 0 Å². The smallest absolute Gasteiger partial charge is 0.306 e. The summed E-state index contributed by atoms with van der Waals surface area (Å²) in [5, 5.41) is 0. The first-order valence-electron chi connectivity index (χ1n) is 11.2. The van der Waals surface area contributed by atoms with Crippen LogP contribution in [0.1, 0.15) is 129 Å². The lowest BCUT2D eigenvalue weighted by Gasteiger charge is -2.18. The Balaban J connectivity index is 3.95. The topological polar surface area (TPSA) is 26.3 Å². The molecule has 1 radical (unpaired) electrons. The van der Waals surface area contributed by atoms with Gasteiger partial charge in [0.2, 0.25) is 0 Å². The third kappa shape index (κ3) is 18.1.